The van der Waals surface area contributed by atoms with E-state index < -0.39 is 18.0 Å². The molecule has 0 saturated heterocycles. The van der Waals surface area contributed by atoms with Crippen molar-refractivity contribution in [1.29, 1.82) is 5.26 Å². The first kappa shape index (κ1) is 20.5. The van der Waals surface area contributed by atoms with Gasteiger partial charge in [-0.2, -0.15) is 5.26 Å². The van der Waals surface area contributed by atoms with E-state index in [1.54, 1.807) is 6.92 Å². The summed E-state index contributed by atoms with van der Waals surface area (Å²) in [5, 5.41) is 16.1. The standard InChI is InChI=1S/C24H25N5O2/c1-2-29(15-25)23(30)22(12-17-14-26-20-11-7-6-10-18(17)20)28-24(31)27-21-13-19(21)16-8-4-3-5-9-16/h3-11,14,19,21-22,26H,2,12-13H2,1H3,(H2,27,28,31). The molecule has 3 N–H and O–H groups in total. The minimum Gasteiger partial charge on any atom is -0.361 e. The van der Waals surface area contributed by atoms with E-state index in [-0.39, 0.29) is 12.6 Å². The lowest BCUT2D eigenvalue weighted by molar-refractivity contribution is -0.129. The predicted molar refractivity (Wildman–Crippen MR) is 118 cm³/mol. The number of carbonyl (C=O) groups is 2. The number of aromatic nitrogens is 1. The molecular weight excluding hydrogens is 390 g/mol. The first-order valence-electron chi connectivity index (χ1n) is 10.5. The van der Waals surface area contributed by atoms with Crippen LogP contribution >= 0.6 is 0 Å². The molecule has 4 rings (SSSR count). The molecule has 3 unspecified atom stereocenters. The summed E-state index contributed by atoms with van der Waals surface area (Å²) >= 11 is 0. The number of hydrogen-bond donors (Lipinski definition) is 3. The lowest BCUT2D eigenvalue weighted by Gasteiger charge is -2.22. The number of amides is 3. The zero-order chi connectivity index (χ0) is 21.8. The first-order chi connectivity index (χ1) is 15.1. The fraction of sp³-hybridized carbons (Fsp3) is 0.292. The van der Waals surface area contributed by atoms with Gasteiger partial charge in [0.05, 0.1) is 0 Å². The van der Waals surface area contributed by atoms with Crippen LogP contribution in [0.15, 0.2) is 60.8 Å². The van der Waals surface area contributed by atoms with Crippen molar-refractivity contribution in [2.75, 3.05) is 6.54 Å². The number of rotatable bonds is 7. The van der Waals surface area contributed by atoms with Crippen molar-refractivity contribution in [3.05, 3.63) is 71.9 Å². The van der Waals surface area contributed by atoms with Gasteiger partial charge in [0, 0.05) is 42.0 Å². The number of carbonyl (C=O) groups excluding carboxylic acids is 2. The van der Waals surface area contributed by atoms with Crippen molar-refractivity contribution in [2.45, 2.75) is 37.8 Å². The molecule has 0 bridgehead atoms. The zero-order valence-electron chi connectivity index (χ0n) is 17.3. The van der Waals surface area contributed by atoms with Gasteiger partial charge in [0.15, 0.2) is 6.19 Å². The largest absolute Gasteiger partial charge is 0.361 e. The van der Waals surface area contributed by atoms with Crippen LogP contribution in [0.25, 0.3) is 10.9 Å². The topological polar surface area (TPSA) is 101 Å². The molecule has 1 aliphatic carbocycles. The molecule has 2 aromatic carbocycles. The van der Waals surface area contributed by atoms with Crippen molar-refractivity contribution >= 4 is 22.8 Å². The monoisotopic (exact) mass is 415 g/mol. The fourth-order valence-electron chi connectivity index (χ4n) is 3.98. The van der Waals surface area contributed by atoms with Crippen LogP contribution in [0.1, 0.15) is 30.4 Å². The Balaban J connectivity index is 1.46. The lowest BCUT2D eigenvalue weighted by atomic mass is 10.0. The van der Waals surface area contributed by atoms with Gasteiger partial charge in [-0.3, -0.25) is 4.79 Å². The third kappa shape index (κ3) is 4.53. The van der Waals surface area contributed by atoms with Crippen LogP contribution in [0.2, 0.25) is 0 Å². The number of urea groups is 1. The van der Waals surface area contributed by atoms with E-state index in [1.165, 1.54) is 5.56 Å². The number of fused-ring (bicyclic) bond motifs is 1. The van der Waals surface area contributed by atoms with E-state index in [1.807, 2.05) is 54.9 Å². The number of nitrogens with one attached hydrogen (secondary N) is 3. The Kier molecular flexibility index (Phi) is 5.89. The number of nitrogens with zero attached hydrogens (tertiary/aromatic N) is 2. The van der Waals surface area contributed by atoms with Gasteiger partial charge in [0.25, 0.3) is 5.91 Å². The van der Waals surface area contributed by atoms with E-state index in [0.29, 0.717) is 12.3 Å². The van der Waals surface area contributed by atoms with Crippen LogP contribution in [0.5, 0.6) is 0 Å². The van der Waals surface area contributed by atoms with Gasteiger partial charge >= 0.3 is 6.03 Å². The average molecular weight is 415 g/mol. The number of H-pyrrole nitrogens is 1. The van der Waals surface area contributed by atoms with Crippen LogP contribution in [-0.2, 0) is 11.2 Å². The Morgan fingerprint density at radius 3 is 2.68 bits per heavy atom. The van der Waals surface area contributed by atoms with E-state index in [9.17, 15) is 14.9 Å². The molecule has 158 valence electrons. The number of hydrogen-bond acceptors (Lipinski definition) is 3. The summed E-state index contributed by atoms with van der Waals surface area (Å²) in [6.07, 6.45) is 4.92. The van der Waals surface area contributed by atoms with E-state index in [4.69, 9.17) is 0 Å². The smallest absolute Gasteiger partial charge is 0.315 e. The normalized spacial score (nSPS) is 18.1. The minimum absolute atomic E-state index is 0.0458. The van der Waals surface area contributed by atoms with Crippen LogP contribution in [0.3, 0.4) is 0 Å². The van der Waals surface area contributed by atoms with Gasteiger partial charge in [0.1, 0.15) is 6.04 Å². The molecular formula is C24H25N5O2. The molecule has 1 aromatic heterocycles. The molecule has 0 aliphatic heterocycles. The van der Waals surface area contributed by atoms with Gasteiger partial charge in [0.2, 0.25) is 0 Å². The number of para-hydroxylation sites is 1. The second-order valence-electron chi connectivity index (χ2n) is 7.78. The maximum absolute atomic E-state index is 12.9. The molecule has 31 heavy (non-hydrogen) atoms. The summed E-state index contributed by atoms with van der Waals surface area (Å²) in [7, 11) is 0. The molecule has 3 atom stereocenters. The maximum Gasteiger partial charge on any atom is 0.315 e. The second kappa shape index (κ2) is 8.92. The predicted octanol–water partition coefficient (Wildman–Crippen LogP) is 3.26. The summed E-state index contributed by atoms with van der Waals surface area (Å²) in [5.41, 5.74) is 3.07. The third-order valence-corrected chi connectivity index (χ3v) is 5.74. The van der Waals surface area contributed by atoms with E-state index in [0.717, 1.165) is 27.8 Å². The molecule has 7 nitrogen and oxygen atoms in total. The number of benzene rings is 2. The Labute approximate surface area is 181 Å². The van der Waals surface area contributed by atoms with Crippen LogP contribution in [0.4, 0.5) is 4.79 Å². The SMILES string of the molecule is CCN(C#N)C(=O)C(Cc1c[nH]c2ccccc12)NC(=O)NC1CC1c1ccccc1. The molecule has 3 aromatic rings. The van der Waals surface area contributed by atoms with Gasteiger partial charge in [-0.25, -0.2) is 9.69 Å². The van der Waals surface area contributed by atoms with Crippen molar-refractivity contribution < 1.29 is 9.59 Å². The molecule has 0 spiro atoms. The lowest BCUT2D eigenvalue weighted by Crippen LogP contribution is -2.51. The van der Waals surface area contributed by atoms with Gasteiger partial charge < -0.3 is 15.6 Å². The van der Waals surface area contributed by atoms with Crippen molar-refractivity contribution in [1.82, 2.24) is 20.5 Å². The highest BCUT2D eigenvalue weighted by Gasteiger charge is 2.40. The Morgan fingerprint density at radius 2 is 1.94 bits per heavy atom. The molecule has 1 saturated carbocycles. The number of aromatic amines is 1. The Bertz CT molecular complexity index is 1120. The van der Waals surface area contributed by atoms with Crippen LogP contribution in [-0.4, -0.2) is 40.5 Å². The van der Waals surface area contributed by atoms with Crippen molar-refractivity contribution in [3.8, 4) is 6.19 Å². The van der Waals surface area contributed by atoms with E-state index in [2.05, 4.69) is 27.8 Å². The fourth-order valence-corrected chi connectivity index (χ4v) is 3.98. The Hall–Kier alpha value is -3.79. The van der Waals surface area contributed by atoms with Gasteiger partial charge in [-0.05, 0) is 30.5 Å². The first-order valence-corrected chi connectivity index (χ1v) is 10.5. The number of likely N-dealkylation sites (N-methyl/N-ethyl adjacent to an activating group) is 1. The van der Waals surface area contributed by atoms with Gasteiger partial charge in [-0.15, -0.1) is 0 Å². The summed E-state index contributed by atoms with van der Waals surface area (Å²) in [5.74, 6) is -0.123. The molecule has 1 fully saturated rings. The summed E-state index contributed by atoms with van der Waals surface area (Å²) in [6, 6.07) is 16.7. The Morgan fingerprint density at radius 1 is 1.19 bits per heavy atom. The molecule has 1 heterocycles. The highest BCUT2D eigenvalue weighted by Crippen LogP contribution is 2.40. The summed E-state index contributed by atoms with van der Waals surface area (Å²) in [6.45, 7) is 1.99. The van der Waals surface area contributed by atoms with Crippen LogP contribution < -0.4 is 10.6 Å². The average Bonchev–Trinajstić information content (AvgIpc) is 3.44. The molecule has 0 radical (unpaired) electrons. The van der Waals surface area contributed by atoms with E-state index >= 15 is 0 Å². The van der Waals surface area contributed by atoms with Crippen molar-refractivity contribution in [3.63, 3.8) is 0 Å². The summed E-state index contributed by atoms with van der Waals surface area (Å²) in [4.78, 5) is 29.9. The molecule has 7 heteroatoms. The quantitative estimate of drug-likeness (QED) is 0.408. The third-order valence-electron chi connectivity index (χ3n) is 5.74. The maximum atomic E-state index is 12.9. The zero-order valence-corrected chi connectivity index (χ0v) is 17.3. The van der Waals surface area contributed by atoms with Crippen molar-refractivity contribution in [2.24, 2.45) is 0 Å². The van der Waals surface area contributed by atoms with Crippen LogP contribution in [0, 0.1) is 11.5 Å². The van der Waals surface area contributed by atoms with Gasteiger partial charge in [-0.1, -0.05) is 48.5 Å². The molecule has 1 aliphatic rings. The minimum atomic E-state index is -0.840. The number of nitriles is 1. The summed E-state index contributed by atoms with van der Waals surface area (Å²) < 4.78 is 0. The molecule has 3 amide bonds. The highest BCUT2D eigenvalue weighted by atomic mass is 16.2. The highest BCUT2D eigenvalue weighted by molar-refractivity contribution is 5.90. The second-order valence-corrected chi connectivity index (χ2v) is 7.78.